The van der Waals surface area contributed by atoms with Crippen LogP contribution in [-0.2, 0) is 4.79 Å². The maximum atomic E-state index is 12.4. The van der Waals surface area contributed by atoms with Crippen molar-refractivity contribution in [1.29, 1.82) is 0 Å². The number of carbonyl (C=O) groups excluding carboxylic acids is 3. The molecule has 0 aromatic heterocycles. The highest BCUT2D eigenvalue weighted by Crippen LogP contribution is 2.19. The molecule has 0 aliphatic carbocycles. The molecule has 24 heavy (non-hydrogen) atoms. The van der Waals surface area contributed by atoms with Crippen LogP contribution in [0.15, 0.2) is 18.2 Å². The van der Waals surface area contributed by atoms with Crippen LogP contribution < -0.4 is 16.0 Å². The highest BCUT2D eigenvalue weighted by Gasteiger charge is 2.19. The molecule has 1 aliphatic rings. The summed E-state index contributed by atoms with van der Waals surface area (Å²) in [5, 5.41) is 7.70. The zero-order valence-corrected chi connectivity index (χ0v) is 14.1. The van der Waals surface area contributed by atoms with Crippen molar-refractivity contribution >= 4 is 23.5 Å². The van der Waals surface area contributed by atoms with Crippen molar-refractivity contribution in [2.24, 2.45) is 0 Å². The van der Waals surface area contributed by atoms with Crippen LogP contribution in [0.2, 0.25) is 0 Å². The summed E-state index contributed by atoms with van der Waals surface area (Å²) in [6.45, 7) is 5.73. The van der Waals surface area contributed by atoms with Crippen LogP contribution in [0.1, 0.15) is 35.7 Å². The molecule has 0 saturated carbocycles. The Labute approximate surface area is 141 Å². The Morgan fingerprint density at radius 3 is 2.50 bits per heavy atom. The van der Waals surface area contributed by atoms with E-state index in [9.17, 15) is 14.4 Å². The van der Waals surface area contributed by atoms with Gasteiger partial charge in [-0.2, -0.15) is 0 Å². The van der Waals surface area contributed by atoms with E-state index in [0.29, 0.717) is 12.1 Å². The number of amides is 4. The number of aryl methyl sites for hydroxylation is 1. The number of nitrogens with zero attached hydrogens (tertiary/aromatic N) is 1. The number of rotatable bonds is 5. The summed E-state index contributed by atoms with van der Waals surface area (Å²) >= 11 is 0. The molecule has 1 heterocycles. The predicted octanol–water partition coefficient (Wildman–Crippen LogP) is 1.49. The van der Waals surface area contributed by atoms with Gasteiger partial charge in [0.2, 0.25) is 5.91 Å². The third kappa shape index (κ3) is 4.71. The Morgan fingerprint density at radius 1 is 1.17 bits per heavy atom. The summed E-state index contributed by atoms with van der Waals surface area (Å²) in [5.74, 6) is -0.367. The molecular formula is C17H24N4O3. The highest BCUT2D eigenvalue weighted by molar-refractivity contribution is 5.97. The lowest BCUT2D eigenvalue weighted by molar-refractivity contribution is -0.118. The molecule has 1 fully saturated rings. The van der Waals surface area contributed by atoms with Crippen LogP contribution >= 0.6 is 0 Å². The molecule has 1 saturated heterocycles. The SMILES string of the molecule is CCNC(=O)NC(=O)CNc1ccc(C(=O)N2CCCC2)cc1C. The second kappa shape index (κ2) is 8.33. The lowest BCUT2D eigenvalue weighted by atomic mass is 10.1. The van der Waals surface area contributed by atoms with E-state index in [-0.39, 0.29) is 12.5 Å². The van der Waals surface area contributed by atoms with Crippen LogP contribution in [0, 0.1) is 6.92 Å². The van der Waals surface area contributed by atoms with Gasteiger partial charge in [-0.15, -0.1) is 0 Å². The van der Waals surface area contributed by atoms with E-state index in [0.717, 1.165) is 37.2 Å². The second-order valence-corrected chi connectivity index (χ2v) is 5.79. The fourth-order valence-electron chi connectivity index (χ4n) is 2.65. The first kappa shape index (κ1) is 17.8. The Kier molecular flexibility index (Phi) is 6.17. The minimum atomic E-state index is -0.507. The lowest BCUT2D eigenvalue weighted by Gasteiger charge is -2.16. The first-order valence-corrected chi connectivity index (χ1v) is 8.22. The number of likely N-dealkylation sites (tertiary alicyclic amines) is 1. The van der Waals surface area contributed by atoms with Crippen LogP contribution in [0.4, 0.5) is 10.5 Å². The molecule has 7 nitrogen and oxygen atoms in total. The normalized spacial score (nSPS) is 13.5. The number of anilines is 1. The van der Waals surface area contributed by atoms with Crippen LogP contribution in [0.5, 0.6) is 0 Å². The summed E-state index contributed by atoms with van der Waals surface area (Å²) in [6.07, 6.45) is 2.12. The van der Waals surface area contributed by atoms with Crippen molar-refractivity contribution in [3.8, 4) is 0 Å². The smallest absolute Gasteiger partial charge is 0.321 e. The van der Waals surface area contributed by atoms with Crippen LogP contribution in [0.3, 0.4) is 0 Å². The number of hydrogen-bond acceptors (Lipinski definition) is 4. The van der Waals surface area contributed by atoms with Gasteiger partial charge < -0.3 is 15.5 Å². The molecule has 1 aliphatic heterocycles. The highest BCUT2D eigenvalue weighted by atomic mass is 16.2. The fourth-order valence-corrected chi connectivity index (χ4v) is 2.65. The Balaban J connectivity index is 1.91. The van der Waals surface area contributed by atoms with Crippen molar-refractivity contribution in [3.05, 3.63) is 29.3 Å². The zero-order chi connectivity index (χ0) is 17.5. The molecule has 0 unspecified atom stereocenters. The van der Waals surface area contributed by atoms with Gasteiger partial charge in [-0.25, -0.2) is 4.79 Å². The molecule has 1 aromatic rings. The van der Waals surface area contributed by atoms with E-state index >= 15 is 0 Å². The van der Waals surface area contributed by atoms with E-state index in [1.807, 2.05) is 17.9 Å². The molecule has 0 atom stereocenters. The summed E-state index contributed by atoms with van der Waals surface area (Å²) in [4.78, 5) is 37.2. The number of imide groups is 1. The Bertz CT molecular complexity index is 624. The molecule has 2 rings (SSSR count). The van der Waals surface area contributed by atoms with Crippen molar-refractivity contribution in [3.63, 3.8) is 0 Å². The molecule has 130 valence electrons. The third-order valence-electron chi connectivity index (χ3n) is 3.90. The van der Waals surface area contributed by atoms with Gasteiger partial charge in [0.25, 0.3) is 5.91 Å². The van der Waals surface area contributed by atoms with E-state index in [1.54, 1.807) is 19.1 Å². The van der Waals surface area contributed by atoms with Crippen LogP contribution in [0.25, 0.3) is 0 Å². The molecule has 1 aromatic carbocycles. The third-order valence-corrected chi connectivity index (χ3v) is 3.90. The molecule has 4 amide bonds. The Hall–Kier alpha value is -2.57. The van der Waals surface area contributed by atoms with E-state index < -0.39 is 11.9 Å². The first-order valence-electron chi connectivity index (χ1n) is 8.22. The van der Waals surface area contributed by atoms with Gasteiger partial charge in [-0.05, 0) is 50.5 Å². The molecule has 0 radical (unpaired) electrons. The van der Waals surface area contributed by atoms with Crippen molar-refractivity contribution in [2.75, 3.05) is 31.5 Å². The lowest BCUT2D eigenvalue weighted by Crippen LogP contribution is -2.41. The van der Waals surface area contributed by atoms with Crippen molar-refractivity contribution < 1.29 is 14.4 Å². The van der Waals surface area contributed by atoms with Gasteiger partial charge in [-0.1, -0.05) is 0 Å². The summed E-state index contributed by atoms with van der Waals surface area (Å²) < 4.78 is 0. The number of hydrogen-bond donors (Lipinski definition) is 3. The molecular weight excluding hydrogens is 308 g/mol. The Morgan fingerprint density at radius 2 is 1.88 bits per heavy atom. The average molecular weight is 332 g/mol. The predicted molar refractivity (Wildman–Crippen MR) is 92.0 cm³/mol. The van der Waals surface area contributed by atoms with E-state index in [4.69, 9.17) is 0 Å². The largest absolute Gasteiger partial charge is 0.376 e. The summed E-state index contributed by atoms with van der Waals surface area (Å²) in [6, 6.07) is 4.87. The average Bonchev–Trinajstić information content (AvgIpc) is 3.07. The molecule has 3 N–H and O–H groups in total. The van der Waals surface area contributed by atoms with Gasteiger partial charge in [0.15, 0.2) is 0 Å². The van der Waals surface area contributed by atoms with E-state index in [1.165, 1.54) is 0 Å². The quantitative estimate of drug-likeness (QED) is 0.762. The van der Waals surface area contributed by atoms with Gasteiger partial charge in [0.05, 0.1) is 6.54 Å². The monoisotopic (exact) mass is 332 g/mol. The standard InChI is InChI=1S/C17H24N4O3/c1-3-18-17(24)20-15(22)11-19-14-7-6-13(10-12(14)2)16(23)21-8-4-5-9-21/h6-7,10,19H,3-5,8-9,11H2,1-2H3,(H2,18,20,22,24). The number of benzene rings is 1. The van der Waals surface area contributed by atoms with E-state index in [2.05, 4.69) is 16.0 Å². The van der Waals surface area contributed by atoms with Crippen LogP contribution in [-0.4, -0.2) is 48.9 Å². The first-order chi connectivity index (χ1) is 11.5. The molecule has 7 heteroatoms. The van der Waals surface area contributed by atoms with Gasteiger partial charge in [0, 0.05) is 30.9 Å². The minimum Gasteiger partial charge on any atom is -0.376 e. The maximum Gasteiger partial charge on any atom is 0.321 e. The number of nitrogens with one attached hydrogen (secondary N) is 3. The van der Waals surface area contributed by atoms with Gasteiger partial charge >= 0.3 is 6.03 Å². The van der Waals surface area contributed by atoms with Crippen molar-refractivity contribution in [2.45, 2.75) is 26.7 Å². The molecule has 0 spiro atoms. The second-order valence-electron chi connectivity index (χ2n) is 5.79. The number of carbonyl (C=O) groups is 3. The maximum absolute atomic E-state index is 12.4. The minimum absolute atomic E-state index is 0.0165. The van der Waals surface area contributed by atoms with Crippen molar-refractivity contribution in [1.82, 2.24) is 15.5 Å². The van der Waals surface area contributed by atoms with Gasteiger partial charge in [0.1, 0.15) is 0 Å². The fraction of sp³-hybridized carbons (Fsp3) is 0.471. The zero-order valence-electron chi connectivity index (χ0n) is 14.1. The summed E-state index contributed by atoms with van der Waals surface area (Å²) in [5.41, 5.74) is 2.30. The topological polar surface area (TPSA) is 90.5 Å². The number of urea groups is 1. The summed E-state index contributed by atoms with van der Waals surface area (Å²) in [7, 11) is 0. The van der Waals surface area contributed by atoms with Gasteiger partial charge in [-0.3, -0.25) is 14.9 Å². The molecule has 0 bridgehead atoms.